The largest absolute Gasteiger partial charge is 0.372 e. The molecule has 0 bridgehead atoms. The highest BCUT2D eigenvalue weighted by Gasteiger charge is 2.26. The van der Waals surface area contributed by atoms with Crippen molar-refractivity contribution in [2.45, 2.75) is 38.5 Å². The predicted octanol–water partition coefficient (Wildman–Crippen LogP) is 3.41. The monoisotopic (exact) mass is 350 g/mol. The Morgan fingerprint density at radius 1 is 1.04 bits per heavy atom. The Labute approximate surface area is 155 Å². The lowest BCUT2D eigenvalue weighted by Crippen LogP contribution is -2.39. The fraction of sp³-hybridized carbons (Fsp3) is 0.476. The molecule has 4 rings (SSSR count). The lowest BCUT2D eigenvalue weighted by atomic mass is 9.94. The SMILES string of the molecule is Cc1cncc(C2CCCN(C(=O)c3ccc(N4CCCC4)cc3)C2)n1. The maximum atomic E-state index is 13.0. The molecule has 2 saturated heterocycles. The first kappa shape index (κ1) is 17.0. The highest BCUT2D eigenvalue weighted by Crippen LogP contribution is 2.27. The van der Waals surface area contributed by atoms with Crippen LogP contribution in [0.2, 0.25) is 0 Å². The van der Waals surface area contributed by atoms with Crippen LogP contribution in [0.5, 0.6) is 0 Å². The highest BCUT2D eigenvalue weighted by atomic mass is 16.2. The van der Waals surface area contributed by atoms with E-state index in [4.69, 9.17) is 0 Å². The fourth-order valence-corrected chi connectivity index (χ4v) is 4.06. The smallest absolute Gasteiger partial charge is 0.253 e. The second-order valence-electron chi connectivity index (χ2n) is 7.42. The fourth-order valence-electron chi connectivity index (χ4n) is 4.06. The number of carbonyl (C=O) groups is 1. The van der Waals surface area contributed by atoms with Gasteiger partial charge in [0.15, 0.2) is 0 Å². The summed E-state index contributed by atoms with van der Waals surface area (Å²) in [6.45, 7) is 5.76. The van der Waals surface area contributed by atoms with E-state index >= 15 is 0 Å². The summed E-state index contributed by atoms with van der Waals surface area (Å²) in [4.78, 5) is 26.2. The van der Waals surface area contributed by atoms with Crippen LogP contribution >= 0.6 is 0 Å². The van der Waals surface area contributed by atoms with Crippen molar-refractivity contribution < 1.29 is 4.79 Å². The van der Waals surface area contributed by atoms with Gasteiger partial charge in [-0.1, -0.05) is 0 Å². The van der Waals surface area contributed by atoms with Gasteiger partial charge in [-0.3, -0.25) is 14.8 Å². The Hall–Kier alpha value is -2.43. The molecule has 2 fully saturated rings. The summed E-state index contributed by atoms with van der Waals surface area (Å²) in [5.74, 6) is 0.409. The van der Waals surface area contributed by atoms with Gasteiger partial charge in [0.2, 0.25) is 0 Å². The van der Waals surface area contributed by atoms with Gasteiger partial charge in [0, 0.05) is 55.7 Å². The molecule has 5 nitrogen and oxygen atoms in total. The van der Waals surface area contributed by atoms with E-state index in [1.54, 1.807) is 6.20 Å². The Morgan fingerprint density at radius 2 is 1.81 bits per heavy atom. The molecule has 136 valence electrons. The van der Waals surface area contributed by atoms with Crippen LogP contribution in [0.25, 0.3) is 0 Å². The molecule has 2 aliphatic rings. The maximum Gasteiger partial charge on any atom is 0.253 e. The second-order valence-corrected chi connectivity index (χ2v) is 7.42. The first-order chi connectivity index (χ1) is 12.7. The van der Waals surface area contributed by atoms with Crippen LogP contribution in [0.15, 0.2) is 36.7 Å². The molecule has 0 saturated carbocycles. The minimum atomic E-state index is 0.128. The lowest BCUT2D eigenvalue weighted by Gasteiger charge is -2.32. The summed E-state index contributed by atoms with van der Waals surface area (Å²) in [5.41, 5.74) is 3.95. The van der Waals surface area contributed by atoms with Crippen LogP contribution in [0.4, 0.5) is 5.69 Å². The minimum Gasteiger partial charge on any atom is -0.372 e. The number of hydrogen-bond donors (Lipinski definition) is 0. The predicted molar refractivity (Wildman–Crippen MR) is 103 cm³/mol. The molecule has 0 spiro atoms. The molecule has 1 aromatic carbocycles. The summed E-state index contributed by atoms with van der Waals surface area (Å²) in [6, 6.07) is 8.14. The number of carbonyl (C=O) groups excluding carboxylic acids is 1. The van der Waals surface area contributed by atoms with E-state index in [2.05, 4.69) is 27.0 Å². The summed E-state index contributed by atoms with van der Waals surface area (Å²) >= 11 is 0. The van der Waals surface area contributed by atoms with E-state index in [1.165, 1.54) is 18.5 Å². The Bertz CT molecular complexity index is 768. The number of aryl methyl sites for hydroxylation is 1. The quantitative estimate of drug-likeness (QED) is 0.851. The number of amides is 1. The van der Waals surface area contributed by atoms with Gasteiger partial charge in [0.1, 0.15) is 0 Å². The number of nitrogens with zero attached hydrogens (tertiary/aromatic N) is 4. The summed E-state index contributed by atoms with van der Waals surface area (Å²) in [6.07, 6.45) is 8.22. The zero-order chi connectivity index (χ0) is 17.9. The van der Waals surface area contributed by atoms with Gasteiger partial charge in [-0.05, 0) is 56.9 Å². The van der Waals surface area contributed by atoms with Gasteiger partial charge in [-0.25, -0.2) is 0 Å². The number of piperidine rings is 1. The van der Waals surface area contributed by atoms with Crippen molar-refractivity contribution in [3.05, 3.63) is 53.6 Å². The Balaban J connectivity index is 1.45. The van der Waals surface area contributed by atoms with Crippen molar-refractivity contribution in [2.24, 2.45) is 0 Å². The zero-order valence-electron chi connectivity index (χ0n) is 15.4. The third-order valence-electron chi connectivity index (χ3n) is 5.49. The first-order valence-electron chi connectivity index (χ1n) is 9.63. The Kier molecular flexibility index (Phi) is 4.87. The van der Waals surface area contributed by atoms with Gasteiger partial charge in [-0.2, -0.15) is 0 Å². The molecule has 1 atom stereocenters. The highest BCUT2D eigenvalue weighted by molar-refractivity contribution is 5.94. The molecular formula is C21H26N4O. The maximum absolute atomic E-state index is 13.0. The molecule has 3 heterocycles. The normalized spacial score (nSPS) is 20.4. The second kappa shape index (κ2) is 7.44. The van der Waals surface area contributed by atoms with Crippen molar-refractivity contribution in [1.29, 1.82) is 0 Å². The van der Waals surface area contributed by atoms with E-state index in [0.29, 0.717) is 0 Å². The lowest BCUT2D eigenvalue weighted by molar-refractivity contribution is 0.0706. The van der Waals surface area contributed by atoms with E-state index < -0.39 is 0 Å². The average molecular weight is 350 g/mol. The minimum absolute atomic E-state index is 0.128. The molecule has 5 heteroatoms. The number of hydrogen-bond acceptors (Lipinski definition) is 4. The van der Waals surface area contributed by atoms with Gasteiger partial charge in [0.25, 0.3) is 5.91 Å². The third-order valence-corrected chi connectivity index (χ3v) is 5.49. The molecule has 2 aromatic rings. The average Bonchev–Trinajstić information content (AvgIpc) is 3.22. The van der Waals surface area contributed by atoms with Crippen molar-refractivity contribution in [2.75, 3.05) is 31.1 Å². The summed E-state index contributed by atoms with van der Waals surface area (Å²) in [7, 11) is 0. The van der Waals surface area contributed by atoms with Crippen LogP contribution in [-0.2, 0) is 0 Å². The van der Waals surface area contributed by atoms with Gasteiger partial charge < -0.3 is 9.80 Å². The number of rotatable bonds is 3. The summed E-state index contributed by atoms with van der Waals surface area (Å²) < 4.78 is 0. The molecule has 2 aliphatic heterocycles. The zero-order valence-corrected chi connectivity index (χ0v) is 15.4. The van der Waals surface area contributed by atoms with Crippen molar-refractivity contribution >= 4 is 11.6 Å². The molecule has 1 amide bonds. The van der Waals surface area contributed by atoms with Crippen molar-refractivity contribution in [3.8, 4) is 0 Å². The molecule has 0 N–H and O–H groups in total. The van der Waals surface area contributed by atoms with Crippen molar-refractivity contribution in [3.63, 3.8) is 0 Å². The van der Waals surface area contributed by atoms with E-state index in [0.717, 1.165) is 56.0 Å². The third kappa shape index (κ3) is 3.57. The molecule has 1 aromatic heterocycles. The molecular weight excluding hydrogens is 324 g/mol. The van der Waals surface area contributed by atoms with Crippen LogP contribution in [0.3, 0.4) is 0 Å². The molecule has 1 unspecified atom stereocenters. The first-order valence-corrected chi connectivity index (χ1v) is 9.63. The number of benzene rings is 1. The van der Waals surface area contributed by atoms with Crippen LogP contribution in [-0.4, -0.2) is 47.0 Å². The molecule has 0 aliphatic carbocycles. The van der Waals surface area contributed by atoms with Crippen LogP contribution < -0.4 is 4.90 Å². The summed E-state index contributed by atoms with van der Waals surface area (Å²) in [5, 5.41) is 0. The van der Waals surface area contributed by atoms with Crippen LogP contribution in [0, 0.1) is 6.92 Å². The number of anilines is 1. The van der Waals surface area contributed by atoms with Gasteiger partial charge >= 0.3 is 0 Å². The number of likely N-dealkylation sites (tertiary alicyclic amines) is 1. The molecule has 26 heavy (non-hydrogen) atoms. The Morgan fingerprint density at radius 3 is 2.54 bits per heavy atom. The van der Waals surface area contributed by atoms with Gasteiger partial charge in [-0.15, -0.1) is 0 Å². The van der Waals surface area contributed by atoms with Crippen molar-refractivity contribution in [1.82, 2.24) is 14.9 Å². The standard InChI is InChI=1S/C21H26N4O/c1-16-13-22-14-20(23-16)18-5-4-12-25(15-18)21(26)17-6-8-19(9-7-17)24-10-2-3-11-24/h6-9,13-14,18H,2-5,10-12,15H2,1H3. The van der Waals surface area contributed by atoms with Gasteiger partial charge in [0.05, 0.1) is 11.4 Å². The van der Waals surface area contributed by atoms with Crippen LogP contribution in [0.1, 0.15) is 53.3 Å². The van der Waals surface area contributed by atoms with E-state index in [1.807, 2.05) is 30.2 Å². The number of aromatic nitrogens is 2. The van der Waals surface area contributed by atoms with E-state index in [9.17, 15) is 4.79 Å². The van der Waals surface area contributed by atoms with E-state index in [-0.39, 0.29) is 11.8 Å². The topological polar surface area (TPSA) is 49.3 Å². The molecule has 0 radical (unpaired) electrons.